The molecule has 0 bridgehead atoms. The Morgan fingerprint density at radius 1 is 1.12 bits per heavy atom. The Hall–Kier alpha value is -2.21. The summed E-state index contributed by atoms with van der Waals surface area (Å²) in [5.74, 6) is -0.344. The van der Waals surface area contributed by atoms with E-state index in [1.165, 1.54) is 7.11 Å². The molecule has 0 spiro atoms. The van der Waals surface area contributed by atoms with Gasteiger partial charge in [0, 0.05) is 0 Å². The maximum absolute atomic E-state index is 11.5. The molecule has 4 rings (SSSR count). The molecule has 2 aromatic carbocycles. The molecule has 4 atom stereocenters. The number of carbonyl (C=O) groups excluding carboxylic acids is 1. The number of hydrogen-bond acceptors (Lipinski definition) is 5. The fourth-order valence-corrected chi connectivity index (χ4v) is 3.11. The molecule has 2 heterocycles. The first-order valence-electron chi connectivity index (χ1n) is 7.92. The van der Waals surface area contributed by atoms with Crippen LogP contribution in [0.1, 0.15) is 23.3 Å². The van der Waals surface area contributed by atoms with Gasteiger partial charge in [-0.1, -0.05) is 42.5 Å². The second-order valence-corrected chi connectivity index (χ2v) is 5.99. The molecule has 2 saturated heterocycles. The Bertz CT molecular complexity index is 772. The zero-order valence-electron chi connectivity index (χ0n) is 13.2. The van der Waals surface area contributed by atoms with Gasteiger partial charge in [-0.25, -0.2) is 4.79 Å². The summed E-state index contributed by atoms with van der Waals surface area (Å²) in [7, 11) is 1.36. The Morgan fingerprint density at radius 3 is 2.71 bits per heavy atom. The normalized spacial score (nSPS) is 27.6. The summed E-state index contributed by atoms with van der Waals surface area (Å²) < 4.78 is 15.7. The van der Waals surface area contributed by atoms with Gasteiger partial charge in [0.15, 0.2) is 6.10 Å². The highest BCUT2D eigenvalue weighted by Gasteiger charge is 2.47. The average Bonchev–Trinajstić information content (AvgIpc) is 3.54. The van der Waals surface area contributed by atoms with Crippen LogP contribution in [0.5, 0.6) is 0 Å². The van der Waals surface area contributed by atoms with Gasteiger partial charge >= 0.3 is 5.97 Å². The molecule has 2 aliphatic heterocycles. The molecule has 0 amide bonds. The van der Waals surface area contributed by atoms with Crippen molar-refractivity contribution in [3.05, 3.63) is 59.7 Å². The van der Waals surface area contributed by atoms with Crippen molar-refractivity contribution in [2.45, 2.75) is 24.4 Å². The minimum absolute atomic E-state index is 0.0236. The van der Waals surface area contributed by atoms with Crippen LogP contribution in [0.15, 0.2) is 48.5 Å². The number of carbonyl (C=O) groups is 1. The lowest BCUT2D eigenvalue weighted by atomic mass is 9.94. The molecule has 5 heteroatoms. The predicted octanol–water partition coefficient (Wildman–Crippen LogP) is 2.40. The van der Waals surface area contributed by atoms with Crippen molar-refractivity contribution in [2.75, 3.05) is 13.7 Å². The summed E-state index contributed by atoms with van der Waals surface area (Å²) in [5.41, 5.74) is 4.12. The van der Waals surface area contributed by atoms with E-state index in [2.05, 4.69) is 0 Å². The molecule has 0 radical (unpaired) electrons. The number of aliphatic hydroxyl groups is 1. The first kappa shape index (κ1) is 15.3. The summed E-state index contributed by atoms with van der Waals surface area (Å²) in [6, 6.07) is 16.0. The van der Waals surface area contributed by atoms with Gasteiger partial charge in [-0.05, 0) is 28.3 Å². The smallest absolute Gasteiger partial charge is 0.338 e. The molecule has 124 valence electrons. The molecule has 1 N–H and O–H groups in total. The van der Waals surface area contributed by atoms with Crippen molar-refractivity contribution in [2.24, 2.45) is 0 Å². The molecule has 2 aliphatic rings. The van der Waals surface area contributed by atoms with Gasteiger partial charge in [0.05, 0.1) is 13.7 Å². The highest BCUT2D eigenvalue weighted by Crippen LogP contribution is 2.44. The van der Waals surface area contributed by atoms with Crippen LogP contribution in [-0.4, -0.2) is 37.0 Å². The summed E-state index contributed by atoms with van der Waals surface area (Å²) in [6.07, 6.45) is -0.933. The molecular formula is C19H18O5. The van der Waals surface area contributed by atoms with Crippen molar-refractivity contribution in [3.63, 3.8) is 0 Å². The molecule has 2 fully saturated rings. The van der Waals surface area contributed by atoms with Crippen molar-refractivity contribution in [1.82, 2.24) is 0 Å². The standard InChI is InChI=1S/C19H18O5/c1-22-19(21)18-16(24-18)12-6-4-5-11(9-12)13-7-2-3-8-14(13)17-15(10-20)23-17/h2-9,15-18,20H,10H2,1H3. The topological polar surface area (TPSA) is 71.6 Å². The summed E-state index contributed by atoms with van der Waals surface area (Å²) in [4.78, 5) is 11.5. The van der Waals surface area contributed by atoms with E-state index < -0.39 is 6.10 Å². The maximum atomic E-state index is 11.5. The first-order chi connectivity index (χ1) is 11.7. The van der Waals surface area contributed by atoms with E-state index in [0.717, 1.165) is 22.3 Å². The molecule has 2 aromatic rings. The Kier molecular flexibility index (Phi) is 3.84. The maximum Gasteiger partial charge on any atom is 0.338 e. The van der Waals surface area contributed by atoms with Gasteiger partial charge in [0.1, 0.15) is 18.3 Å². The number of aliphatic hydroxyl groups excluding tert-OH is 1. The molecule has 0 aliphatic carbocycles. The van der Waals surface area contributed by atoms with Crippen molar-refractivity contribution in [3.8, 4) is 11.1 Å². The Labute approximate surface area is 139 Å². The molecule has 0 aromatic heterocycles. The number of ether oxygens (including phenoxy) is 3. The number of epoxide rings is 2. The van der Waals surface area contributed by atoms with Crippen LogP contribution in [0.25, 0.3) is 11.1 Å². The minimum Gasteiger partial charge on any atom is -0.467 e. The Morgan fingerprint density at radius 2 is 1.96 bits per heavy atom. The van der Waals surface area contributed by atoms with Crippen LogP contribution in [0.4, 0.5) is 0 Å². The number of hydrogen-bond donors (Lipinski definition) is 1. The van der Waals surface area contributed by atoms with E-state index in [1.807, 2.05) is 48.5 Å². The minimum atomic E-state index is -0.508. The fourth-order valence-electron chi connectivity index (χ4n) is 3.11. The van der Waals surface area contributed by atoms with Gasteiger partial charge < -0.3 is 19.3 Å². The SMILES string of the molecule is COC(=O)C1OC1c1cccc(-c2ccccc2C2OC2CO)c1. The zero-order valence-corrected chi connectivity index (χ0v) is 13.2. The van der Waals surface area contributed by atoms with Gasteiger partial charge in [0.2, 0.25) is 0 Å². The third-order valence-electron chi connectivity index (χ3n) is 4.48. The van der Waals surface area contributed by atoms with E-state index in [0.29, 0.717) is 0 Å². The fraction of sp³-hybridized carbons (Fsp3) is 0.316. The largest absolute Gasteiger partial charge is 0.467 e. The van der Waals surface area contributed by atoms with Crippen LogP contribution < -0.4 is 0 Å². The summed E-state index contributed by atoms with van der Waals surface area (Å²) in [5, 5.41) is 9.24. The van der Waals surface area contributed by atoms with Gasteiger partial charge in [-0.2, -0.15) is 0 Å². The number of esters is 1. The lowest BCUT2D eigenvalue weighted by Gasteiger charge is -2.09. The van der Waals surface area contributed by atoms with E-state index in [9.17, 15) is 9.90 Å². The molecule has 0 saturated carbocycles. The second kappa shape index (κ2) is 6.02. The predicted molar refractivity (Wildman–Crippen MR) is 86.2 cm³/mol. The second-order valence-electron chi connectivity index (χ2n) is 5.99. The van der Waals surface area contributed by atoms with Crippen LogP contribution in [0.2, 0.25) is 0 Å². The number of benzene rings is 2. The third kappa shape index (κ3) is 2.71. The molecular weight excluding hydrogens is 308 g/mol. The number of rotatable bonds is 5. The summed E-state index contributed by atoms with van der Waals surface area (Å²) in [6.45, 7) is 0.0236. The van der Waals surface area contributed by atoms with Crippen LogP contribution >= 0.6 is 0 Å². The third-order valence-corrected chi connectivity index (χ3v) is 4.48. The van der Waals surface area contributed by atoms with Crippen LogP contribution in [0, 0.1) is 0 Å². The Balaban J connectivity index is 1.62. The van der Waals surface area contributed by atoms with Gasteiger partial charge in [-0.15, -0.1) is 0 Å². The average molecular weight is 326 g/mol. The van der Waals surface area contributed by atoms with Crippen molar-refractivity contribution < 1.29 is 24.1 Å². The van der Waals surface area contributed by atoms with E-state index in [-0.39, 0.29) is 30.9 Å². The summed E-state index contributed by atoms with van der Waals surface area (Å²) >= 11 is 0. The zero-order chi connectivity index (χ0) is 16.7. The van der Waals surface area contributed by atoms with Crippen LogP contribution in [0.3, 0.4) is 0 Å². The van der Waals surface area contributed by atoms with E-state index >= 15 is 0 Å². The highest BCUT2D eigenvalue weighted by atomic mass is 16.6. The van der Waals surface area contributed by atoms with Gasteiger partial charge in [-0.3, -0.25) is 0 Å². The molecule has 5 nitrogen and oxygen atoms in total. The molecule has 24 heavy (non-hydrogen) atoms. The first-order valence-corrected chi connectivity index (χ1v) is 7.92. The quantitative estimate of drug-likeness (QED) is 0.675. The van der Waals surface area contributed by atoms with E-state index in [1.54, 1.807) is 0 Å². The van der Waals surface area contributed by atoms with Crippen molar-refractivity contribution >= 4 is 5.97 Å². The monoisotopic (exact) mass is 326 g/mol. The van der Waals surface area contributed by atoms with E-state index in [4.69, 9.17) is 14.2 Å². The lowest BCUT2D eigenvalue weighted by molar-refractivity contribution is -0.142. The lowest BCUT2D eigenvalue weighted by Crippen LogP contribution is -2.09. The van der Waals surface area contributed by atoms with Crippen molar-refractivity contribution in [1.29, 1.82) is 0 Å². The van der Waals surface area contributed by atoms with Gasteiger partial charge in [0.25, 0.3) is 0 Å². The highest BCUT2D eigenvalue weighted by molar-refractivity contribution is 5.78. The molecule has 4 unspecified atom stereocenters. The van der Waals surface area contributed by atoms with Crippen LogP contribution in [-0.2, 0) is 19.0 Å². The number of methoxy groups -OCH3 is 1.